The second-order valence-corrected chi connectivity index (χ2v) is 30.6. The van der Waals surface area contributed by atoms with Gasteiger partial charge in [0, 0.05) is 0 Å². The maximum atomic E-state index is 2.77. The van der Waals surface area contributed by atoms with E-state index >= 15 is 0 Å². The Hall–Kier alpha value is -5.46. The van der Waals surface area contributed by atoms with Crippen LogP contribution < -0.4 is 0 Å². The highest BCUT2D eigenvalue weighted by Gasteiger charge is 2.53. The molecule has 0 aliphatic heterocycles. The molecule has 0 unspecified atom stereocenters. The van der Waals surface area contributed by atoms with E-state index in [1.54, 1.807) is 0 Å². The molecule has 3 radical (unpaired) electrons. The first-order valence-electron chi connectivity index (χ1n) is 30.0. The Morgan fingerprint density at radius 3 is 0.808 bits per heavy atom. The van der Waals surface area contributed by atoms with Crippen LogP contribution in [-0.4, -0.2) is 0 Å². The molecule has 0 heteroatoms. The molecule has 399 valence electrons. The van der Waals surface area contributed by atoms with Crippen molar-refractivity contribution in [3.8, 4) is 33.4 Å². The Balaban J connectivity index is 1.32. The Bertz CT molecular complexity index is 3720. The molecule has 0 fully saturated rings. The van der Waals surface area contributed by atoms with Gasteiger partial charge in [0.2, 0.25) is 0 Å². The molecular formula is C78H87. The summed E-state index contributed by atoms with van der Waals surface area (Å²) < 4.78 is 0. The summed E-state index contributed by atoms with van der Waals surface area (Å²) in [6.07, 6.45) is 6.94. The lowest BCUT2D eigenvalue weighted by molar-refractivity contribution is 0.231. The van der Waals surface area contributed by atoms with Crippen molar-refractivity contribution in [3.63, 3.8) is 0 Å². The summed E-state index contributed by atoms with van der Waals surface area (Å²) in [6.45, 7) is 51.7. The van der Waals surface area contributed by atoms with E-state index < -0.39 is 0 Å². The van der Waals surface area contributed by atoms with Gasteiger partial charge in [-0.25, -0.2) is 0 Å². The van der Waals surface area contributed by atoms with Gasteiger partial charge in [-0.05, 0) is 296 Å². The number of fused-ring (bicyclic) bond motifs is 15. The maximum Gasteiger partial charge on any atom is 0.0653 e. The molecule has 0 bridgehead atoms. The van der Waals surface area contributed by atoms with Gasteiger partial charge in [0.1, 0.15) is 0 Å². The van der Waals surface area contributed by atoms with Crippen molar-refractivity contribution >= 4 is 0 Å². The van der Waals surface area contributed by atoms with E-state index in [4.69, 9.17) is 0 Å². The first-order chi connectivity index (χ1) is 36.3. The van der Waals surface area contributed by atoms with E-state index in [1.807, 2.05) is 0 Å². The second kappa shape index (κ2) is 16.4. The lowest BCUT2D eigenvalue weighted by Gasteiger charge is -2.43. The van der Waals surface area contributed by atoms with Crippen molar-refractivity contribution in [3.05, 3.63) is 224 Å². The fourth-order valence-electron chi connectivity index (χ4n) is 18.0. The van der Waals surface area contributed by atoms with Gasteiger partial charge in [0.05, 0.1) is 17.8 Å². The molecule has 0 saturated heterocycles. The largest absolute Gasteiger partial charge is 0.0653 e. The molecule has 7 aromatic rings. The van der Waals surface area contributed by atoms with Crippen LogP contribution in [-0.2, 0) is 33.5 Å². The number of rotatable bonds is 3. The van der Waals surface area contributed by atoms with Crippen LogP contribution in [0.1, 0.15) is 249 Å². The van der Waals surface area contributed by atoms with Crippen LogP contribution in [0, 0.1) is 85.5 Å². The van der Waals surface area contributed by atoms with Crippen LogP contribution in [0.4, 0.5) is 0 Å². The average molecular weight is 1020 g/mol. The van der Waals surface area contributed by atoms with Gasteiger partial charge in [-0.2, -0.15) is 0 Å². The summed E-state index contributed by atoms with van der Waals surface area (Å²) in [5, 5.41) is 0. The predicted octanol–water partition coefficient (Wildman–Crippen LogP) is 20.4. The van der Waals surface area contributed by atoms with Crippen molar-refractivity contribution in [1.29, 1.82) is 0 Å². The summed E-state index contributed by atoms with van der Waals surface area (Å²) in [5.74, 6) is 4.31. The smallest absolute Gasteiger partial charge is 0.0596 e. The highest BCUT2D eigenvalue weighted by Crippen LogP contribution is 2.69. The Morgan fingerprint density at radius 1 is 0.256 bits per heavy atom. The molecule has 78 heavy (non-hydrogen) atoms. The van der Waals surface area contributed by atoms with E-state index in [0.717, 1.165) is 12.8 Å². The molecule has 0 atom stereocenters. The van der Waals surface area contributed by atoms with Gasteiger partial charge in [-0.3, -0.25) is 0 Å². The molecule has 0 aromatic heterocycles. The van der Waals surface area contributed by atoms with E-state index in [1.165, 1.54) is 210 Å². The van der Waals surface area contributed by atoms with Crippen LogP contribution in [0.2, 0.25) is 0 Å². The summed E-state index contributed by atoms with van der Waals surface area (Å²) in [5.41, 5.74) is 43.2. The van der Waals surface area contributed by atoms with Crippen molar-refractivity contribution in [2.45, 2.75) is 211 Å². The fraction of sp³-hybridized carbons (Fsp3) is 0.423. The molecule has 0 nitrogen and oxygen atoms in total. The molecule has 0 spiro atoms. The predicted molar refractivity (Wildman–Crippen MR) is 332 cm³/mol. The van der Waals surface area contributed by atoms with Gasteiger partial charge in [-0.1, -0.05) is 160 Å². The minimum atomic E-state index is 0.0150. The van der Waals surface area contributed by atoms with Crippen LogP contribution in [0.15, 0.2) is 72.8 Å². The van der Waals surface area contributed by atoms with Crippen molar-refractivity contribution < 1.29 is 0 Å². The number of aryl methyl sites for hydroxylation is 9. The molecule has 7 aromatic carbocycles. The molecule has 0 heterocycles. The minimum absolute atomic E-state index is 0.0150. The SMILES string of the molecule is Cc1cc(C)c([C]2c3cc4c(cc3-c3c2c2c(c5c3[C](c3c(C)cc(C)cc3C)c3cc6c(cc3-5)C(C)(C)CCC6(C)C)[C](c3c(C)cc(C)cc3C)c3cc5c(cc3-2)CC(C)(C)CC5(C)C)C(C)(C)CCC4(C)C)c(C)c1. The summed E-state index contributed by atoms with van der Waals surface area (Å²) in [7, 11) is 0. The van der Waals surface area contributed by atoms with Crippen LogP contribution in [0.25, 0.3) is 33.4 Å². The zero-order valence-corrected chi connectivity index (χ0v) is 51.7. The van der Waals surface area contributed by atoms with Gasteiger partial charge in [-0.15, -0.1) is 0 Å². The third-order valence-electron chi connectivity index (χ3n) is 21.2. The number of hydrogen-bond donors (Lipinski definition) is 0. The van der Waals surface area contributed by atoms with Crippen LogP contribution in [0.3, 0.4) is 0 Å². The van der Waals surface area contributed by atoms with E-state index in [-0.39, 0.29) is 32.5 Å². The van der Waals surface area contributed by atoms with E-state index in [2.05, 4.69) is 218 Å². The molecule has 6 aliphatic carbocycles. The number of hydrogen-bond acceptors (Lipinski definition) is 0. The minimum Gasteiger partial charge on any atom is -0.0596 e. The Labute approximate surface area is 471 Å². The standard InChI is InChI=1S/C78H87/c1-40-26-43(4)61(44(5)27-40)64-51-33-56-49(38-73(10,11)39-78(56,20)21)32-50(51)67-70(64)68-55-37-60-58(75(14,15)23-25-77(60,18)19)35-53(55)66(63-47(8)30-42(3)31-48(63)9)72(68)69-54-36-59-57(74(12,13)22-24-76(59,16)17)34-52(54)65(71(67)69)62-45(6)28-41(2)29-46(62)7/h26-37H,22-25,38-39H2,1-21H3. The normalized spacial score (nSPS) is 20.3. The molecule has 0 amide bonds. The zero-order chi connectivity index (χ0) is 55.8. The first kappa shape index (κ1) is 51.9. The highest BCUT2D eigenvalue weighted by atomic mass is 14.6. The molecule has 0 N–H and O–H groups in total. The Kier molecular flexibility index (Phi) is 10.9. The third-order valence-corrected chi connectivity index (χ3v) is 21.2. The van der Waals surface area contributed by atoms with Crippen molar-refractivity contribution in [2.75, 3.05) is 0 Å². The van der Waals surface area contributed by atoms with Gasteiger partial charge >= 0.3 is 0 Å². The Morgan fingerprint density at radius 2 is 0.513 bits per heavy atom. The topological polar surface area (TPSA) is 0 Å². The maximum absolute atomic E-state index is 2.77. The summed E-state index contributed by atoms with van der Waals surface area (Å²) in [6, 6.07) is 31.3. The van der Waals surface area contributed by atoms with Crippen LogP contribution in [0.5, 0.6) is 0 Å². The van der Waals surface area contributed by atoms with Gasteiger partial charge < -0.3 is 0 Å². The molecule has 13 rings (SSSR count). The van der Waals surface area contributed by atoms with Crippen molar-refractivity contribution in [1.82, 2.24) is 0 Å². The lowest BCUT2D eigenvalue weighted by atomic mass is 9.62. The lowest BCUT2D eigenvalue weighted by Crippen LogP contribution is -2.35. The molecule has 6 aliphatic rings. The monoisotopic (exact) mass is 1020 g/mol. The van der Waals surface area contributed by atoms with Gasteiger partial charge in [0.15, 0.2) is 0 Å². The first-order valence-corrected chi connectivity index (χ1v) is 30.0. The molecule has 0 saturated carbocycles. The third kappa shape index (κ3) is 7.21. The van der Waals surface area contributed by atoms with E-state index in [0.29, 0.717) is 0 Å². The summed E-state index contributed by atoms with van der Waals surface area (Å²) in [4.78, 5) is 0. The fourth-order valence-corrected chi connectivity index (χ4v) is 18.0. The quantitative estimate of drug-likeness (QED) is 0.165. The zero-order valence-electron chi connectivity index (χ0n) is 51.7. The second-order valence-electron chi connectivity index (χ2n) is 30.6. The van der Waals surface area contributed by atoms with Crippen molar-refractivity contribution in [2.24, 2.45) is 5.41 Å². The highest BCUT2D eigenvalue weighted by molar-refractivity contribution is 6.11. The van der Waals surface area contributed by atoms with Gasteiger partial charge in [0.25, 0.3) is 0 Å². The average Bonchev–Trinajstić information content (AvgIpc) is 1.88. The summed E-state index contributed by atoms with van der Waals surface area (Å²) >= 11 is 0. The molecular weight excluding hydrogens is 937 g/mol. The number of benzene rings is 7. The van der Waals surface area contributed by atoms with Crippen LogP contribution >= 0.6 is 0 Å². The van der Waals surface area contributed by atoms with E-state index in [9.17, 15) is 0 Å².